The first-order valence-corrected chi connectivity index (χ1v) is 7.24. The van der Waals surface area contributed by atoms with E-state index in [0.717, 1.165) is 17.9 Å². The molecule has 114 valence electrons. The van der Waals surface area contributed by atoms with Crippen LogP contribution in [0.4, 0.5) is 4.39 Å². The summed E-state index contributed by atoms with van der Waals surface area (Å²) < 4.78 is 19.1. The van der Waals surface area contributed by atoms with E-state index in [1.165, 1.54) is 6.07 Å². The lowest BCUT2D eigenvalue weighted by Gasteiger charge is -2.25. The number of likely N-dealkylation sites (N-methyl/N-ethyl adjacent to an activating group) is 1. The van der Waals surface area contributed by atoms with Crippen LogP contribution in [0, 0.1) is 5.82 Å². The maximum Gasteiger partial charge on any atom is 0.126 e. The summed E-state index contributed by atoms with van der Waals surface area (Å²) in [7, 11) is 4.05. The van der Waals surface area contributed by atoms with Crippen molar-refractivity contribution < 1.29 is 8.81 Å². The molecule has 4 heteroatoms. The predicted octanol–water partition coefficient (Wildman–Crippen LogP) is 3.24. The van der Waals surface area contributed by atoms with Gasteiger partial charge in [-0.2, -0.15) is 0 Å². The maximum absolute atomic E-state index is 13.6. The first-order valence-electron chi connectivity index (χ1n) is 7.24. The van der Waals surface area contributed by atoms with Crippen LogP contribution >= 0.6 is 0 Å². The molecule has 0 radical (unpaired) electrons. The summed E-state index contributed by atoms with van der Waals surface area (Å²) in [5.74, 6) is 0.798. The summed E-state index contributed by atoms with van der Waals surface area (Å²) in [4.78, 5) is 2.11. The molecule has 0 spiro atoms. The zero-order chi connectivity index (χ0) is 15.2. The van der Waals surface area contributed by atoms with Gasteiger partial charge in [-0.3, -0.25) is 4.90 Å². The van der Waals surface area contributed by atoms with E-state index in [2.05, 4.69) is 17.1 Å². The molecule has 21 heavy (non-hydrogen) atoms. The first kappa shape index (κ1) is 15.7. The molecule has 1 aromatic carbocycles. The molecule has 0 saturated heterocycles. The standard InChI is InChI=1S/C17H23FN2O/c1-13(11-14-7-4-5-8-15(14)18)19-12-16(20(2)3)17-9-6-10-21-17/h4-10,13,16,19H,11-12H2,1-3H3. The molecule has 0 fully saturated rings. The number of nitrogens with one attached hydrogen (secondary N) is 1. The Morgan fingerprint density at radius 2 is 1.95 bits per heavy atom. The Morgan fingerprint density at radius 3 is 2.57 bits per heavy atom. The Bertz CT molecular complexity index is 539. The van der Waals surface area contributed by atoms with Gasteiger partial charge in [0.05, 0.1) is 12.3 Å². The van der Waals surface area contributed by atoms with E-state index in [9.17, 15) is 4.39 Å². The molecule has 0 aliphatic heterocycles. The van der Waals surface area contributed by atoms with E-state index >= 15 is 0 Å². The van der Waals surface area contributed by atoms with Crippen LogP contribution in [0.2, 0.25) is 0 Å². The second-order valence-electron chi connectivity index (χ2n) is 5.60. The molecule has 0 bridgehead atoms. The third kappa shape index (κ3) is 4.41. The molecule has 2 aromatic rings. The van der Waals surface area contributed by atoms with Gasteiger partial charge < -0.3 is 9.73 Å². The fourth-order valence-electron chi connectivity index (χ4n) is 2.40. The second-order valence-corrected chi connectivity index (χ2v) is 5.60. The van der Waals surface area contributed by atoms with Crippen molar-refractivity contribution in [1.29, 1.82) is 0 Å². The molecule has 1 N–H and O–H groups in total. The zero-order valence-electron chi connectivity index (χ0n) is 12.8. The Kier molecular flexibility index (Phi) is 5.53. The van der Waals surface area contributed by atoms with Crippen LogP contribution in [0.5, 0.6) is 0 Å². The van der Waals surface area contributed by atoms with E-state index < -0.39 is 0 Å². The van der Waals surface area contributed by atoms with E-state index in [1.54, 1.807) is 12.3 Å². The van der Waals surface area contributed by atoms with Crippen molar-refractivity contribution in [2.24, 2.45) is 0 Å². The van der Waals surface area contributed by atoms with Gasteiger partial charge in [0.15, 0.2) is 0 Å². The van der Waals surface area contributed by atoms with Gasteiger partial charge in [0.2, 0.25) is 0 Å². The average Bonchev–Trinajstić information content (AvgIpc) is 2.95. The molecule has 1 aromatic heterocycles. The minimum Gasteiger partial charge on any atom is -0.468 e. The van der Waals surface area contributed by atoms with Crippen molar-refractivity contribution in [3.63, 3.8) is 0 Å². The van der Waals surface area contributed by atoms with Gasteiger partial charge >= 0.3 is 0 Å². The monoisotopic (exact) mass is 290 g/mol. The van der Waals surface area contributed by atoms with Gasteiger partial charge in [0.1, 0.15) is 11.6 Å². The fourth-order valence-corrected chi connectivity index (χ4v) is 2.40. The first-order chi connectivity index (χ1) is 10.1. The number of benzene rings is 1. The summed E-state index contributed by atoms with van der Waals surface area (Å²) in [6, 6.07) is 11.2. The molecule has 2 unspecified atom stereocenters. The Morgan fingerprint density at radius 1 is 1.19 bits per heavy atom. The highest BCUT2D eigenvalue weighted by Gasteiger charge is 2.17. The number of nitrogens with zero attached hydrogens (tertiary/aromatic N) is 1. The number of furan rings is 1. The van der Waals surface area contributed by atoms with Gasteiger partial charge in [-0.25, -0.2) is 4.39 Å². The van der Waals surface area contributed by atoms with E-state index in [4.69, 9.17) is 4.42 Å². The topological polar surface area (TPSA) is 28.4 Å². The quantitative estimate of drug-likeness (QED) is 0.848. The third-order valence-corrected chi connectivity index (χ3v) is 3.64. The van der Waals surface area contributed by atoms with Crippen LogP contribution in [0.25, 0.3) is 0 Å². The number of rotatable bonds is 7. The average molecular weight is 290 g/mol. The maximum atomic E-state index is 13.6. The van der Waals surface area contributed by atoms with E-state index in [-0.39, 0.29) is 17.9 Å². The molecule has 0 amide bonds. The normalized spacial score (nSPS) is 14.3. The minimum absolute atomic E-state index is 0.138. The lowest BCUT2D eigenvalue weighted by molar-refractivity contribution is 0.244. The van der Waals surface area contributed by atoms with Crippen LogP contribution in [0.1, 0.15) is 24.3 Å². The molecular formula is C17H23FN2O. The SMILES string of the molecule is CC(Cc1ccccc1F)NCC(c1ccco1)N(C)C. The lowest BCUT2D eigenvalue weighted by Crippen LogP contribution is -2.36. The van der Waals surface area contributed by atoms with Gasteiger partial charge in [-0.1, -0.05) is 18.2 Å². The second kappa shape index (κ2) is 7.38. The highest BCUT2D eigenvalue weighted by atomic mass is 19.1. The number of hydrogen-bond donors (Lipinski definition) is 1. The van der Waals surface area contributed by atoms with Gasteiger partial charge in [-0.05, 0) is 51.2 Å². The molecule has 2 atom stereocenters. The Labute approximate surface area is 125 Å². The molecule has 3 nitrogen and oxygen atoms in total. The predicted molar refractivity (Wildman–Crippen MR) is 82.7 cm³/mol. The van der Waals surface area contributed by atoms with Gasteiger partial charge in [0.25, 0.3) is 0 Å². The van der Waals surface area contributed by atoms with Crippen LogP contribution in [0.15, 0.2) is 47.1 Å². The minimum atomic E-state index is -0.138. The molecule has 0 aliphatic rings. The van der Waals surface area contributed by atoms with Crippen LogP contribution in [-0.2, 0) is 6.42 Å². The zero-order valence-corrected chi connectivity index (χ0v) is 12.8. The number of halogens is 1. The van der Waals surface area contributed by atoms with Crippen molar-refractivity contribution >= 4 is 0 Å². The van der Waals surface area contributed by atoms with E-state index in [0.29, 0.717) is 6.42 Å². The smallest absolute Gasteiger partial charge is 0.126 e. The third-order valence-electron chi connectivity index (χ3n) is 3.64. The van der Waals surface area contributed by atoms with Crippen LogP contribution in [0.3, 0.4) is 0 Å². The number of hydrogen-bond acceptors (Lipinski definition) is 3. The lowest BCUT2D eigenvalue weighted by atomic mass is 10.1. The highest BCUT2D eigenvalue weighted by Crippen LogP contribution is 2.18. The summed E-state index contributed by atoms with van der Waals surface area (Å²) >= 11 is 0. The van der Waals surface area contributed by atoms with Crippen LogP contribution in [-0.4, -0.2) is 31.6 Å². The largest absolute Gasteiger partial charge is 0.468 e. The van der Waals surface area contributed by atoms with Gasteiger partial charge in [-0.15, -0.1) is 0 Å². The van der Waals surface area contributed by atoms with Crippen molar-refractivity contribution in [2.75, 3.05) is 20.6 Å². The van der Waals surface area contributed by atoms with E-state index in [1.807, 2.05) is 38.4 Å². The molecule has 2 rings (SSSR count). The summed E-state index contributed by atoms with van der Waals surface area (Å²) in [6.45, 7) is 2.83. The molecule has 0 aliphatic carbocycles. The highest BCUT2D eigenvalue weighted by molar-refractivity contribution is 5.18. The van der Waals surface area contributed by atoms with Crippen molar-refractivity contribution in [2.45, 2.75) is 25.4 Å². The van der Waals surface area contributed by atoms with Crippen molar-refractivity contribution in [3.05, 3.63) is 59.8 Å². The fraction of sp³-hybridized carbons (Fsp3) is 0.412. The summed E-state index contributed by atoms with van der Waals surface area (Å²) in [6.07, 6.45) is 2.36. The Balaban J connectivity index is 1.90. The van der Waals surface area contributed by atoms with Crippen molar-refractivity contribution in [1.82, 2.24) is 10.2 Å². The summed E-state index contributed by atoms with van der Waals surface area (Å²) in [5.41, 5.74) is 0.747. The molecule has 1 heterocycles. The van der Waals surface area contributed by atoms with Crippen molar-refractivity contribution in [3.8, 4) is 0 Å². The summed E-state index contributed by atoms with van der Waals surface area (Å²) in [5, 5.41) is 3.46. The Hall–Kier alpha value is -1.65. The van der Waals surface area contributed by atoms with Gasteiger partial charge in [0, 0.05) is 12.6 Å². The van der Waals surface area contributed by atoms with Crippen LogP contribution < -0.4 is 5.32 Å². The molecule has 0 saturated carbocycles. The molecular weight excluding hydrogens is 267 g/mol.